The molecule has 0 bridgehead atoms. The first-order valence-corrected chi connectivity index (χ1v) is 12.5. The highest BCUT2D eigenvalue weighted by atomic mass is 32.2. The molecule has 5 aromatic rings. The average Bonchev–Trinajstić information content (AvgIpc) is 2.88. The number of hydrogen-bond donors (Lipinski definition) is 0. The van der Waals surface area contributed by atoms with Gasteiger partial charge in [0.25, 0.3) is 0 Å². The van der Waals surface area contributed by atoms with Crippen molar-refractivity contribution in [3.05, 3.63) is 133 Å². The molecule has 5 rings (SSSR count). The maximum atomic E-state index is 6.01. The summed E-state index contributed by atoms with van der Waals surface area (Å²) in [6.07, 6.45) is 5.15. The Morgan fingerprint density at radius 1 is 0.647 bits per heavy atom. The van der Waals surface area contributed by atoms with Crippen molar-refractivity contribution in [2.75, 3.05) is 5.75 Å². The molecule has 1 nitrogen and oxygen atoms in total. The topological polar surface area (TPSA) is 9.23 Å². The minimum atomic E-state index is 0.790. The molecule has 2 heteroatoms. The summed E-state index contributed by atoms with van der Waals surface area (Å²) < 4.78 is 6.01. The first-order chi connectivity index (χ1) is 16.7. The molecule has 5 aromatic carbocycles. The van der Waals surface area contributed by atoms with Crippen molar-refractivity contribution in [1.82, 2.24) is 0 Å². The van der Waals surface area contributed by atoms with Crippen LogP contribution in [-0.4, -0.2) is 5.75 Å². The molecule has 0 spiro atoms. The lowest BCUT2D eigenvalue weighted by molar-refractivity contribution is 0.414. The maximum absolute atomic E-state index is 6.01. The molecular formula is C32H26OS. The third-order valence-corrected chi connectivity index (χ3v) is 6.75. The normalized spacial score (nSPS) is 11.3. The van der Waals surface area contributed by atoms with Crippen LogP contribution in [0.4, 0.5) is 0 Å². The molecule has 0 saturated carbocycles. The maximum Gasteiger partial charge on any atom is 0.127 e. The zero-order chi connectivity index (χ0) is 23.2. The molecule has 0 radical (unpaired) electrons. The van der Waals surface area contributed by atoms with Crippen molar-refractivity contribution in [1.29, 1.82) is 0 Å². The highest BCUT2D eigenvalue weighted by Gasteiger charge is 2.03. The van der Waals surface area contributed by atoms with Crippen LogP contribution >= 0.6 is 11.8 Å². The van der Waals surface area contributed by atoms with Gasteiger partial charge in [-0.1, -0.05) is 91.5 Å². The minimum Gasteiger partial charge on any atom is -0.462 e. The quantitative estimate of drug-likeness (QED) is 0.130. The Labute approximate surface area is 205 Å². The SMILES string of the molecule is C=C(CCSc1ccccc1)Oc1ccc2cc(/C=C/c3ccc4ccccc4c3)ccc2c1. The lowest BCUT2D eigenvalue weighted by atomic mass is 10.0. The molecular weight excluding hydrogens is 432 g/mol. The lowest BCUT2D eigenvalue weighted by Gasteiger charge is -2.10. The van der Waals surface area contributed by atoms with Gasteiger partial charge in [-0.2, -0.15) is 0 Å². The van der Waals surface area contributed by atoms with E-state index in [1.807, 2.05) is 23.9 Å². The summed E-state index contributed by atoms with van der Waals surface area (Å²) >= 11 is 1.82. The van der Waals surface area contributed by atoms with Crippen LogP contribution in [0.5, 0.6) is 5.75 Å². The van der Waals surface area contributed by atoms with Gasteiger partial charge in [-0.15, -0.1) is 11.8 Å². The minimum absolute atomic E-state index is 0.790. The summed E-state index contributed by atoms with van der Waals surface area (Å²) in [5.41, 5.74) is 2.38. The van der Waals surface area contributed by atoms with Gasteiger partial charge in [-0.25, -0.2) is 0 Å². The first-order valence-electron chi connectivity index (χ1n) is 11.5. The molecule has 0 atom stereocenters. The van der Waals surface area contributed by atoms with E-state index in [-0.39, 0.29) is 0 Å². The third kappa shape index (κ3) is 5.59. The van der Waals surface area contributed by atoms with Gasteiger partial charge in [0.15, 0.2) is 0 Å². The molecule has 0 fully saturated rings. The Morgan fingerprint density at radius 2 is 1.24 bits per heavy atom. The fraction of sp³-hybridized carbons (Fsp3) is 0.0625. The Hall–Kier alpha value is -3.75. The first kappa shape index (κ1) is 22.1. The Balaban J connectivity index is 1.22. The van der Waals surface area contributed by atoms with E-state index >= 15 is 0 Å². The number of thioether (sulfide) groups is 1. The van der Waals surface area contributed by atoms with E-state index in [1.165, 1.54) is 32.2 Å². The molecule has 166 valence electrons. The van der Waals surface area contributed by atoms with Gasteiger partial charge in [0.05, 0.1) is 5.76 Å². The molecule has 0 N–H and O–H groups in total. The summed E-state index contributed by atoms with van der Waals surface area (Å²) in [7, 11) is 0. The zero-order valence-electron chi connectivity index (χ0n) is 19.0. The molecule has 0 aliphatic heterocycles. The molecule has 0 amide bonds. The summed E-state index contributed by atoms with van der Waals surface area (Å²) in [5.74, 6) is 2.57. The molecule has 0 unspecified atom stereocenters. The van der Waals surface area contributed by atoms with E-state index in [4.69, 9.17) is 4.74 Å². The van der Waals surface area contributed by atoms with Crippen LogP contribution in [0.15, 0.2) is 126 Å². The van der Waals surface area contributed by atoms with Crippen LogP contribution in [0, 0.1) is 0 Å². The molecule has 0 heterocycles. The summed E-state index contributed by atoms with van der Waals surface area (Å²) in [6.45, 7) is 4.10. The van der Waals surface area contributed by atoms with E-state index < -0.39 is 0 Å². The smallest absolute Gasteiger partial charge is 0.127 e. The Kier molecular flexibility index (Phi) is 6.78. The summed E-state index contributed by atoms with van der Waals surface area (Å²) in [6, 6.07) is 38.2. The van der Waals surface area contributed by atoms with E-state index in [0.29, 0.717) is 0 Å². The Morgan fingerprint density at radius 3 is 2.00 bits per heavy atom. The fourth-order valence-electron chi connectivity index (χ4n) is 3.93. The van der Waals surface area contributed by atoms with Crippen LogP contribution in [0.3, 0.4) is 0 Å². The van der Waals surface area contributed by atoms with Crippen molar-refractivity contribution >= 4 is 45.5 Å². The number of allylic oxidation sites excluding steroid dienone is 1. The molecule has 0 aromatic heterocycles. The van der Waals surface area contributed by atoms with E-state index in [2.05, 4.69) is 116 Å². The van der Waals surface area contributed by atoms with Gasteiger partial charge >= 0.3 is 0 Å². The van der Waals surface area contributed by atoms with E-state index in [1.54, 1.807) is 0 Å². The standard InChI is InChI=1S/C32H26OS/c1-24(19-20-34-32-9-3-2-4-10-32)33-31-18-17-29-22-26(14-16-30(29)23-31)12-11-25-13-15-27-7-5-6-8-28(27)21-25/h2-18,21-23H,1,19-20H2/b12-11+. The predicted octanol–water partition coefficient (Wildman–Crippen LogP) is 9.24. The van der Waals surface area contributed by atoms with E-state index in [0.717, 1.165) is 29.1 Å². The van der Waals surface area contributed by atoms with Crippen LogP contribution in [0.25, 0.3) is 33.7 Å². The molecule has 0 aliphatic carbocycles. The van der Waals surface area contributed by atoms with Gasteiger partial charge in [-0.05, 0) is 69.1 Å². The van der Waals surface area contributed by atoms with Gasteiger partial charge in [0.2, 0.25) is 0 Å². The zero-order valence-corrected chi connectivity index (χ0v) is 19.8. The second-order valence-electron chi connectivity index (χ2n) is 8.26. The van der Waals surface area contributed by atoms with Crippen LogP contribution in [0.1, 0.15) is 17.5 Å². The van der Waals surface area contributed by atoms with Crippen molar-refractivity contribution < 1.29 is 4.74 Å². The number of fused-ring (bicyclic) bond motifs is 2. The third-order valence-electron chi connectivity index (χ3n) is 5.73. The molecule has 34 heavy (non-hydrogen) atoms. The molecule has 0 aliphatic rings. The lowest BCUT2D eigenvalue weighted by Crippen LogP contribution is -1.95. The Bertz CT molecular complexity index is 1470. The number of benzene rings is 5. The van der Waals surface area contributed by atoms with Gasteiger partial charge < -0.3 is 4.74 Å². The second kappa shape index (κ2) is 10.5. The number of ether oxygens (including phenoxy) is 1. The monoisotopic (exact) mass is 458 g/mol. The van der Waals surface area contributed by atoms with Gasteiger partial charge in [0.1, 0.15) is 5.75 Å². The summed E-state index contributed by atoms with van der Waals surface area (Å²) in [4.78, 5) is 1.27. The summed E-state index contributed by atoms with van der Waals surface area (Å²) in [5, 5.41) is 4.88. The van der Waals surface area contributed by atoms with Crippen molar-refractivity contribution in [3.63, 3.8) is 0 Å². The van der Waals surface area contributed by atoms with Crippen LogP contribution in [-0.2, 0) is 0 Å². The van der Waals surface area contributed by atoms with E-state index in [9.17, 15) is 0 Å². The largest absolute Gasteiger partial charge is 0.462 e. The van der Waals surface area contributed by atoms with Crippen LogP contribution < -0.4 is 4.74 Å². The van der Waals surface area contributed by atoms with Gasteiger partial charge in [0, 0.05) is 17.1 Å². The molecule has 0 saturated heterocycles. The van der Waals surface area contributed by atoms with Crippen molar-refractivity contribution in [3.8, 4) is 5.75 Å². The predicted molar refractivity (Wildman–Crippen MR) is 148 cm³/mol. The highest BCUT2D eigenvalue weighted by molar-refractivity contribution is 7.99. The number of hydrogen-bond acceptors (Lipinski definition) is 2. The average molecular weight is 459 g/mol. The van der Waals surface area contributed by atoms with Gasteiger partial charge in [-0.3, -0.25) is 0 Å². The van der Waals surface area contributed by atoms with Crippen molar-refractivity contribution in [2.24, 2.45) is 0 Å². The van der Waals surface area contributed by atoms with Crippen LogP contribution in [0.2, 0.25) is 0 Å². The number of rotatable bonds is 8. The fourth-order valence-corrected chi connectivity index (χ4v) is 4.85. The highest BCUT2D eigenvalue weighted by Crippen LogP contribution is 2.26. The second-order valence-corrected chi connectivity index (χ2v) is 9.43. The van der Waals surface area contributed by atoms with Crippen molar-refractivity contribution in [2.45, 2.75) is 11.3 Å².